The molecular formula is C14H17N. The van der Waals surface area contributed by atoms with Crippen LogP contribution in [-0.2, 0) is 0 Å². The fourth-order valence-electron chi connectivity index (χ4n) is 2.08. The number of hydrogen-bond acceptors (Lipinski definition) is 1. The third-order valence-electron chi connectivity index (χ3n) is 3.23. The Morgan fingerprint density at radius 3 is 2.73 bits per heavy atom. The van der Waals surface area contributed by atoms with Crippen LogP contribution in [0.25, 0.3) is 0 Å². The lowest BCUT2D eigenvalue weighted by Gasteiger charge is -2.15. The molecule has 78 valence electrons. The van der Waals surface area contributed by atoms with Crippen molar-refractivity contribution in [1.82, 2.24) is 0 Å². The largest absolute Gasteiger partial charge is 0.265 e. The molecule has 0 aliphatic carbocycles. The third-order valence-corrected chi connectivity index (χ3v) is 3.23. The molecule has 0 bridgehead atoms. The van der Waals surface area contributed by atoms with Crippen LogP contribution >= 0.6 is 0 Å². The molecule has 1 heteroatoms. The van der Waals surface area contributed by atoms with Gasteiger partial charge in [0, 0.05) is 24.3 Å². The van der Waals surface area contributed by atoms with Gasteiger partial charge in [-0.25, -0.2) is 0 Å². The molecule has 1 nitrogen and oxygen atoms in total. The number of nitrogens with zero attached hydrogens (tertiary/aromatic N) is 1. The van der Waals surface area contributed by atoms with Gasteiger partial charge in [0.1, 0.15) is 0 Å². The zero-order valence-corrected chi connectivity index (χ0v) is 9.62. The average molecular weight is 199 g/mol. The van der Waals surface area contributed by atoms with Gasteiger partial charge in [0.2, 0.25) is 0 Å². The summed E-state index contributed by atoms with van der Waals surface area (Å²) in [6.45, 7) is 6.59. The molecule has 1 aromatic rings. The maximum Gasteiger partial charge on any atom is 0.0435 e. The van der Waals surface area contributed by atoms with E-state index in [4.69, 9.17) is 0 Å². The van der Waals surface area contributed by atoms with Crippen LogP contribution in [0.2, 0.25) is 0 Å². The third kappa shape index (κ3) is 1.87. The fraction of sp³-hybridized carbons (Fsp3) is 0.357. The highest BCUT2D eigenvalue weighted by Crippen LogP contribution is 2.30. The van der Waals surface area contributed by atoms with Crippen molar-refractivity contribution in [3.05, 3.63) is 46.7 Å². The smallest absolute Gasteiger partial charge is 0.0435 e. The lowest BCUT2D eigenvalue weighted by molar-refractivity contribution is 0.870. The van der Waals surface area contributed by atoms with Gasteiger partial charge in [-0.05, 0) is 30.5 Å². The van der Waals surface area contributed by atoms with Crippen molar-refractivity contribution in [2.24, 2.45) is 4.99 Å². The molecule has 0 N–H and O–H groups in total. The van der Waals surface area contributed by atoms with E-state index in [1.165, 1.54) is 22.4 Å². The van der Waals surface area contributed by atoms with Gasteiger partial charge >= 0.3 is 0 Å². The molecule has 0 spiro atoms. The first-order chi connectivity index (χ1) is 7.20. The molecule has 2 rings (SSSR count). The van der Waals surface area contributed by atoms with Crippen LogP contribution in [0.4, 0.5) is 0 Å². The highest BCUT2D eigenvalue weighted by atomic mass is 14.8. The van der Waals surface area contributed by atoms with Crippen molar-refractivity contribution in [1.29, 1.82) is 0 Å². The van der Waals surface area contributed by atoms with Crippen molar-refractivity contribution >= 4 is 6.21 Å². The molecule has 1 aliphatic rings. The van der Waals surface area contributed by atoms with Crippen LogP contribution in [0.3, 0.4) is 0 Å². The van der Waals surface area contributed by atoms with Gasteiger partial charge in [0.25, 0.3) is 0 Å². The average Bonchev–Trinajstić information content (AvgIpc) is 2.74. The topological polar surface area (TPSA) is 12.4 Å². The molecular weight excluding hydrogens is 182 g/mol. The van der Waals surface area contributed by atoms with Gasteiger partial charge < -0.3 is 0 Å². The standard InChI is InChI=1S/C14H17N/c1-10-6-4-7-13(11(10)2)12(3)14-8-5-9-15-14/h4,6-9,12H,5H2,1-3H3. The summed E-state index contributed by atoms with van der Waals surface area (Å²) >= 11 is 0. The minimum Gasteiger partial charge on any atom is -0.265 e. The van der Waals surface area contributed by atoms with Gasteiger partial charge in [0.15, 0.2) is 0 Å². The first-order valence-corrected chi connectivity index (χ1v) is 5.49. The van der Waals surface area contributed by atoms with Gasteiger partial charge in [-0.15, -0.1) is 0 Å². The van der Waals surface area contributed by atoms with Gasteiger partial charge in [-0.3, -0.25) is 4.99 Å². The van der Waals surface area contributed by atoms with E-state index in [-0.39, 0.29) is 0 Å². The molecule has 0 amide bonds. The summed E-state index contributed by atoms with van der Waals surface area (Å²) in [5, 5.41) is 0. The summed E-state index contributed by atoms with van der Waals surface area (Å²) in [7, 11) is 0. The normalized spacial score (nSPS) is 16.6. The van der Waals surface area contributed by atoms with E-state index in [1.54, 1.807) is 0 Å². The second-order valence-electron chi connectivity index (χ2n) is 4.19. The summed E-state index contributed by atoms with van der Waals surface area (Å²) in [6.07, 6.45) is 5.19. The van der Waals surface area contributed by atoms with Gasteiger partial charge in [-0.2, -0.15) is 0 Å². The van der Waals surface area contributed by atoms with E-state index in [1.807, 2.05) is 6.21 Å². The van der Waals surface area contributed by atoms with Gasteiger partial charge in [0.05, 0.1) is 0 Å². The second-order valence-corrected chi connectivity index (χ2v) is 4.19. The predicted molar refractivity (Wildman–Crippen MR) is 65.5 cm³/mol. The molecule has 1 unspecified atom stereocenters. The summed E-state index contributed by atoms with van der Waals surface area (Å²) in [5.74, 6) is 0.420. The Bertz CT molecular complexity index is 427. The lowest BCUT2D eigenvalue weighted by Crippen LogP contribution is -1.99. The van der Waals surface area contributed by atoms with Crippen molar-refractivity contribution in [3.63, 3.8) is 0 Å². The Balaban J connectivity index is 2.37. The van der Waals surface area contributed by atoms with Crippen LogP contribution in [0, 0.1) is 13.8 Å². The van der Waals surface area contributed by atoms with Crippen LogP contribution < -0.4 is 0 Å². The molecule has 1 heterocycles. The number of rotatable bonds is 2. The first-order valence-electron chi connectivity index (χ1n) is 5.49. The monoisotopic (exact) mass is 199 g/mol. The number of aryl methyl sites for hydroxylation is 1. The Hall–Kier alpha value is -1.37. The Morgan fingerprint density at radius 1 is 1.27 bits per heavy atom. The number of hydrogen-bond donors (Lipinski definition) is 0. The molecule has 0 saturated carbocycles. The van der Waals surface area contributed by atoms with Crippen LogP contribution in [-0.4, -0.2) is 6.21 Å². The zero-order chi connectivity index (χ0) is 10.8. The van der Waals surface area contributed by atoms with Crippen molar-refractivity contribution < 1.29 is 0 Å². The minimum atomic E-state index is 0.420. The fourth-order valence-corrected chi connectivity index (χ4v) is 2.08. The summed E-state index contributed by atoms with van der Waals surface area (Å²) < 4.78 is 0. The highest BCUT2D eigenvalue weighted by Gasteiger charge is 2.14. The van der Waals surface area contributed by atoms with E-state index < -0.39 is 0 Å². The Labute approximate surface area is 91.6 Å². The summed E-state index contributed by atoms with van der Waals surface area (Å²) in [4.78, 5) is 4.42. The first kappa shape index (κ1) is 10.2. The molecule has 0 aromatic heterocycles. The summed E-state index contributed by atoms with van der Waals surface area (Å²) in [6, 6.07) is 6.51. The molecule has 1 atom stereocenters. The highest BCUT2D eigenvalue weighted by molar-refractivity contribution is 5.65. The van der Waals surface area contributed by atoms with Crippen LogP contribution in [0.5, 0.6) is 0 Å². The van der Waals surface area contributed by atoms with Crippen molar-refractivity contribution in [2.75, 3.05) is 0 Å². The maximum absolute atomic E-state index is 4.42. The van der Waals surface area contributed by atoms with E-state index in [0.717, 1.165) is 6.42 Å². The molecule has 0 fully saturated rings. The quantitative estimate of drug-likeness (QED) is 0.687. The molecule has 1 aliphatic heterocycles. The van der Waals surface area contributed by atoms with E-state index in [0.29, 0.717) is 5.92 Å². The SMILES string of the molecule is Cc1cccc(C(C)C2=CCC=N2)c1C. The van der Waals surface area contributed by atoms with E-state index in [9.17, 15) is 0 Å². The summed E-state index contributed by atoms with van der Waals surface area (Å²) in [5.41, 5.74) is 5.37. The van der Waals surface area contributed by atoms with E-state index in [2.05, 4.69) is 50.0 Å². The number of aliphatic imine (C=N–C) groups is 1. The number of allylic oxidation sites excluding steroid dienone is 2. The Kier molecular flexibility index (Phi) is 2.72. The zero-order valence-electron chi connectivity index (χ0n) is 9.62. The molecule has 15 heavy (non-hydrogen) atoms. The minimum absolute atomic E-state index is 0.420. The molecule has 0 radical (unpaired) electrons. The maximum atomic E-state index is 4.42. The Morgan fingerprint density at radius 2 is 2.07 bits per heavy atom. The van der Waals surface area contributed by atoms with Crippen LogP contribution in [0.15, 0.2) is 35.0 Å². The van der Waals surface area contributed by atoms with Crippen molar-refractivity contribution in [2.45, 2.75) is 33.1 Å². The molecule has 0 saturated heterocycles. The van der Waals surface area contributed by atoms with Crippen molar-refractivity contribution in [3.8, 4) is 0 Å². The van der Waals surface area contributed by atoms with E-state index >= 15 is 0 Å². The lowest BCUT2D eigenvalue weighted by atomic mass is 9.91. The van der Waals surface area contributed by atoms with Crippen LogP contribution in [0.1, 0.15) is 36.0 Å². The number of benzene rings is 1. The molecule has 1 aromatic carbocycles. The van der Waals surface area contributed by atoms with Gasteiger partial charge in [-0.1, -0.05) is 31.2 Å². The predicted octanol–water partition coefficient (Wildman–Crippen LogP) is 3.77. The second kappa shape index (κ2) is 4.01.